The molecule has 160 valence electrons. The Labute approximate surface area is 180 Å². The van der Waals surface area contributed by atoms with Crippen LogP contribution in [0.5, 0.6) is 0 Å². The quantitative estimate of drug-likeness (QED) is 0.670. The van der Waals surface area contributed by atoms with E-state index in [1.807, 2.05) is 30.5 Å². The van der Waals surface area contributed by atoms with Gasteiger partial charge in [-0.1, -0.05) is 24.5 Å². The molecule has 2 aliphatic rings. The number of aromatic nitrogens is 1. The highest BCUT2D eigenvalue weighted by Gasteiger charge is 2.26. The van der Waals surface area contributed by atoms with Crippen molar-refractivity contribution in [1.82, 2.24) is 9.88 Å². The number of hydrogen-bond acceptors (Lipinski definition) is 6. The number of nitrogens with one attached hydrogen (secondary N) is 2. The van der Waals surface area contributed by atoms with E-state index in [4.69, 9.17) is 4.74 Å². The van der Waals surface area contributed by atoms with Crippen LogP contribution in [0.15, 0.2) is 23.6 Å². The number of thiazole rings is 1. The molecule has 1 saturated heterocycles. The highest BCUT2D eigenvalue weighted by Crippen LogP contribution is 2.31. The number of benzene rings is 1. The molecule has 1 aromatic carbocycles. The van der Waals surface area contributed by atoms with E-state index in [-0.39, 0.29) is 17.7 Å². The molecule has 1 aliphatic heterocycles. The molecule has 7 nitrogen and oxygen atoms in total. The molecule has 2 fully saturated rings. The van der Waals surface area contributed by atoms with Crippen LogP contribution in [0.3, 0.4) is 0 Å². The standard InChI is InChI=1S/C22H28N4O3S/c1-15-6-7-19(18(12-15)20(27)16-4-2-3-5-16)24-21(28)25-22-23-17(14-30-22)13-26-8-10-29-11-9-26/h6-7,12,14,16H,2-5,8-11,13H2,1H3,(H2,23,24,25,28). The van der Waals surface area contributed by atoms with Gasteiger partial charge in [-0.3, -0.25) is 15.0 Å². The molecule has 1 saturated carbocycles. The lowest BCUT2D eigenvalue weighted by Crippen LogP contribution is -2.35. The average molecular weight is 429 g/mol. The van der Waals surface area contributed by atoms with Crippen molar-refractivity contribution < 1.29 is 14.3 Å². The van der Waals surface area contributed by atoms with Crippen LogP contribution >= 0.6 is 11.3 Å². The third-order valence-corrected chi connectivity index (χ3v) is 6.48. The van der Waals surface area contributed by atoms with Gasteiger partial charge in [0.2, 0.25) is 0 Å². The fourth-order valence-corrected chi connectivity index (χ4v) is 4.75. The normalized spacial score (nSPS) is 17.8. The van der Waals surface area contributed by atoms with Crippen LogP contribution in [0, 0.1) is 12.8 Å². The maximum absolute atomic E-state index is 13.0. The number of ether oxygens (including phenoxy) is 1. The summed E-state index contributed by atoms with van der Waals surface area (Å²) in [5.74, 6) is 0.200. The highest BCUT2D eigenvalue weighted by molar-refractivity contribution is 7.13. The van der Waals surface area contributed by atoms with Crippen molar-refractivity contribution in [3.05, 3.63) is 40.4 Å². The summed E-state index contributed by atoms with van der Waals surface area (Å²) < 4.78 is 5.37. The Morgan fingerprint density at radius 1 is 1.20 bits per heavy atom. The summed E-state index contributed by atoms with van der Waals surface area (Å²) in [6, 6.07) is 5.21. The molecule has 1 aromatic heterocycles. The largest absolute Gasteiger partial charge is 0.379 e. The number of morpholine rings is 1. The van der Waals surface area contributed by atoms with Crippen LogP contribution in [0.25, 0.3) is 0 Å². The Hall–Kier alpha value is -2.29. The Bertz CT molecular complexity index is 902. The van der Waals surface area contributed by atoms with E-state index in [1.165, 1.54) is 11.3 Å². The minimum absolute atomic E-state index is 0.0668. The van der Waals surface area contributed by atoms with E-state index in [9.17, 15) is 9.59 Å². The van der Waals surface area contributed by atoms with Gasteiger partial charge in [-0.2, -0.15) is 0 Å². The van der Waals surface area contributed by atoms with Gasteiger partial charge in [-0.25, -0.2) is 9.78 Å². The zero-order valence-electron chi connectivity index (χ0n) is 17.3. The van der Waals surface area contributed by atoms with E-state index >= 15 is 0 Å². The molecule has 0 radical (unpaired) electrons. The lowest BCUT2D eigenvalue weighted by molar-refractivity contribution is 0.0337. The minimum Gasteiger partial charge on any atom is -0.379 e. The Morgan fingerprint density at radius 2 is 1.97 bits per heavy atom. The van der Waals surface area contributed by atoms with Gasteiger partial charge in [-0.05, 0) is 31.9 Å². The predicted molar refractivity (Wildman–Crippen MR) is 118 cm³/mol. The second kappa shape index (κ2) is 9.68. The Morgan fingerprint density at radius 3 is 2.73 bits per heavy atom. The highest BCUT2D eigenvalue weighted by atomic mass is 32.1. The van der Waals surface area contributed by atoms with Crippen LogP contribution in [-0.4, -0.2) is 48.0 Å². The third kappa shape index (κ3) is 5.24. The zero-order valence-corrected chi connectivity index (χ0v) is 18.1. The van der Waals surface area contributed by atoms with E-state index < -0.39 is 0 Å². The molecule has 30 heavy (non-hydrogen) atoms. The first kappa shape index (κ1) is 21.0. The van der Waals surface area contributed by atoms with Crippen molar-refractivity contribution in [3.63, 3.8) is 0 Å². The van der Waals surface area contributed by atoms with Crippen molar-refractivity contribution in [3.8, 4) is 0 Å². The molecule has 2 amide bonds. The molecular formula is C22H28N4O3S. The maximum Gasteiger partial charge on any atom is 0.325 e. The number of ketones is 1. The number of nitrogens with zero attached hydrogens (tertiary/aromatic N) is 2. The summed E-state index contributed by atoms with van der Waals surface area (Å²) in [5, 5.41) is 8.16. The fourth-order valence-electron chi connectivity index (χ4n) is 4.05. The zero-order chi connectivity index (χ0) is 20.9. The summed E-state index contributed by atoms with van der Waals surface area (Å²) >= 11 is 1.40. The summed E-state index contributed by atoms with van der Waals surface area (Å²) in [6.45, 7) is 5.99. The summed E-state index contributed by atoms with van der Waals surface area (Å²) in [5.41, 5.74) is 3.10. The van der Waals surface area contributed by atoms with E-state index in [1.54, 1.807) is 0 Å². The van der Waals surface area contributed by atoms with Gasteiger partial charge in [0.15, 0.2) is 10.9 Å². The first-order chi connectivity index (χ1) is 14.6. The second-order valence-corrected chi connectivity index (χ2v) is 8.86. The molecule has 8 heteroatoms. The molecule has 4 rings (SSSR count). The lowest BCUT2D eigenvalue weighted by atomic mass is 9.94. The molecule has 2 heterocycles. The van der Waals surface area contributed by atoms with Gasteiger partial charge in [0, 0.05) is 36.5 Å². The molecule has 0 spiro atoms. The van der Waals surface area contributed by atoms with Crippen molar-refractivity contribution in [1.29, 1.82) is 0 Å². The first-order valence-corrected chi connectivity index (χ1v) is 11.4. The average Bonchev–Trinajstić information content (AvgIpc) is 3.42. The van der Waals surface area contributed by atoms with Gasteiger partial charge in [-0.15, -0.1) is 11.3 Å². The molecule has 1 aliphatic carbocycles. The van der Waals surface area contributed by atoms with Crippen LogP contribution in [-0.2, 0) is 11.3 Å². The van der Waals surface area contributed by atoms with Gasteiger partial charge >= 0.3 is 6.03 Å². The van der Waals surface area contributed by atoms with E-state index in [0.717, 1.165) is 69.8 Å². The van der Waals surface area contributed by atoms with Crippen LogP contribution in [0.1, 0.15) is 47.3 Å². The van der Waals surface area contributed by atoms with E-state index in [2.05, 4.69) is 20.5 Å². The van der Waals surface area contributed by atoms with Crippen molar-refractivity contribution >= 4 is 34.0 Å². The number of anilines is 2. The van der Waals surface area contributed by atoms with Crippen LogP contribution in [0.2, 0.25) is 0 Å². The summed E-state index contributed by atoms with van der Waals surface area (Å²) in [4.78, 5) is 32.3. The second-order valence-electron chi connectivity index (χ2n) is 8.01. The molecule has 0 unspecified atom stereocenters. The molecule has 0 bridgehead atoms. The monoisotopic (exact) mass is 428 g/mol. The number of urea groups is 1. The molecular weight excluding hydrogens is 400 g/mol. The first-order valence-electron chi connectivity index (χ1n) is 10.6. The number of Topliss-reactive ketones (excluding diaryl/α,β-unsaturated/α-hetero) is 1. The Kier molecular flexibility index (Phi) is 6.76. The number of carbonyl (C=O) groups is 2. The van der Waals surface area contributed by atoms with E-state index in [0.29, 0.717) is 16.4 Å². The summed E-state index contributed by atoms with van der Waals surface area (Å²) in [6.07, 6.45) is 4.07. The van der Waals surface area contributed by atoms with Gasteiger partial charge in [0.1, 0.15) is 0 Å². The molecule has 2 N–H and O–H groups in total. The van der Waals surface area contributed by atoms with Crippen molar-refractivity contribution in [2.24, 2.45) is 5.92 Å². The number of carbonyl (C=O) groups excluding carboxylic acids is 2. The molecule has 0 atom stereocenters. The van der Waals surface area contributed by atoms with Gasteiger partial charge < -0.3 is 10.1 Å². The van der Waals surface area contributed by atoms with Crippen LogP contribution in [0.4, 0.5) is 15.6 Å². The van der Waals surface area contributed by atoms with Crippen molar-refractivity contribution in [2.75, 3.05) is 36.9 Å². The van der Waals surface area contributed by atoms with Gasteiger partial charge in [0.25, 0.3) is 0 Å². The minimum atomic E-state index is -0.383. The van der Waals surface area contributed by atoms with Crippen molar-refractivity contribution in [2.45, 2.75) is 39.2 Å². The number of aryl methyl sites for hydroxylation is 1. The predicted octanol–water partition coefficient (Wildman–Crippen LogP) is 4.30. The third-order valence-electron chi connectivity index (χ3n) is 5.68. The number of rotatable bonds is 6. The number of hydrogen-bond donors (Lipinski definition) is 2. The Balaban J connectivity index is 1.39. The van der Waals surface area contributed by atoms with Crippen LogP contribution < -0.4 is 10.6 Å². The van der Waals surface area contributed by atoms with Gasteiger partial charge in [0.05, 0.1) is 24.6 Å². The molecule has 2 aromatic rings. The lowest BCUT2D eigenvalue weighted by Gasteiger charge is -2.25. The fraction of sp³-hybridized carbons (Fsp3) is 0.500. The topological polar surface area (TPSA) is 83.6 Å². The number of amides is 2. The summed E-state index contributed by atoms with van der Waals surface area (Å²) in [7, 11) is 0. The maximum atomic E-state index is 13.0. The SMILES string of the molecule is Cc1ccc(NC(=O)Nc2nc(CN3CCOCC3)cs2)c(C(=O)C2CCCC2)c1. The smallest absolute Gasteiger partial charge is 0.325 e.